The molecule has 1 saturated carbocycles. The van der Waals surface area contributed by atoms with E-state index in [9.17, 15) is 9.90 Å². The first-order valence-electron chi connectivity index (χ1n) is 7.81. The molecule has 6 heteroatoms. The molecule has 1 amide bonds. The Kier molecular flexibility index (Phi) is 4.66. The maximum absolute atomic E-state index is 12.3. The van der Waals surface area contributed by atoms with Crippen LogP contribution in [0.5, 0.6) is 17.2 Å². The van der Waals surface area contributed by atoms with Crippen molar-refractivity contribution in [2.24, 2.45) is 5.92 Å². The van der Waals surface area contributed by atoms with Gasteiger partial charge in [-0.25, -0.2) is 0 Å². The zero-order chi connectivity index (χ0) is 17.3. The van der Waals surface area contributed by atoms with Crippen LogP contribution in [-0.2, 0) is 11.3 Å². The van der Waals surface area contributed by atoms with Gasteiger partial charge in [0.1, 0.15) is 0 Å². The Morgan fingerprint density at radius 3 is 2.50 bits per heavy atom. The normalized spacial score (nSPS) is 19.0. The third-order valence-electron chi connectivity index (χ3n) is 4.26. The Bertz CT molecular complexity index is 730. The molecule has 1 aliphatic rings. The van der Waals surface area contributed by atoms with Gasteiger partial charge in [0.25, 0.3) is 0 Å². The number of nitrogens with one attached hydrogen (secondary N) is 1. The van der Waals surface area contributed by atoms with Crippen LogP contribution >= 0.6 is 11.3 Å². The second kappa shape index (κ2) is 6.73. The fourth-order valence-corrected chi connectivity index (χ4v) is 3.88. The summed E-state index contributed by atoms with van der Waals surface area (Å²) in [6, 6.07) is 7.62. The molecule has 1 aromatic heterocycles. The van der Waals surface area contributed by atoms with E-state index in [1.165, 1.54) is 24.0 Å². The molecule has 128 valence electrons. The molecule has 0 aliphatic heterocycles. The molecule has 2 N–H and O–H groups in total. The first kappa shape index (κ1) is 16.6. The average Bonchev–Trinajstić information content (AvgIpc) is 3.27. The lowest BCUT2D eigenvalue weighted by Crippen LogP contribution is -2.24. The van der Waals surface area contributed by atoms with Crippen LogP contribution in [0.4, 0.5) is 0 Å². The number of hydrogen-bond donors (Lipinski definition) is 2. The van der Waals surface area contributed by atoms with Crippen LogP contribution in [0, 0.1) is 12.8 Å². The lowest BCUT2D eigenvalue weighted by molar-refractivity contribution is -0.122. The average molecular weight is 347 g/mol. The molecule has 1 fully saturated rings. The molecular weight excluding hydrogens is 326 g/mol. The van der Waals surface area contributed by atoms with Gasteiger partial charge in [-0.1, -0.05) is 0 Å². The van der Waals surface area contributed by atoms with Gasteiger partial charge in [0.15, 0.2) is 11.5 Å². The van der Waals surface area contributed by atoms with Gasteiger partial charge in [-0.2, -0.15) is 0 Å². The first-order chi connectivity index (χ1) is 11.5. The van der Waals surface area contributed by atoms with Crippen LogP contribution in [-0.4, -0.2) is 25.2 Å². The number of phenols is 1. The van der Waals surface area contributed by atoms with Crippen molar-refractivity contribution in [3.05, 3.63) is 39.6 Å². The highest BCUT2D eigenvalue weighted by Gasteiger charge is 2.44. The third kappa shape index (κ3) is 3.33. The van der Waals surface area contributed by atoms with E-state index >= 15 is 0 Å². The van der Waals surface area contributed by atoms with Crippen LogP contribution in [0.25, 0.3) is 0 Å². The topological polar surface area (TPSA) is 67.8 Å². The fourth-order valence-electron chi connectivity index (χ4n) is 2.82. The van der Waals surface area contributed by atoms with Crippen LogP contribution in [0.1, 0.15) is 27.7 Å². The summed E-state index contributed by atoms with van der Waals surface area (Å²) in [6.45, 7) is 2.45. The Hall–Kier alpha value is -2.21. The number of ether oxygens (including phenoxy) is 2. The van der Waals surface area contributed by atoms with Crippen LogP contribution < -0.4 is 14.8 Å². The number of carbonyl (C=O) groups is 1. The van der Waals surface area contributed by atoms with Crippen molar-refractivity contribution in [1.82, 2.24) is 5.32 Å². The van der Waals surface area contributed by atoms with Gasteiger partial charge in [0.05, 0.1) is 14.2 Å². The third-order valence-corrected chi connectivity index (χ3v) is 5.39. The molecule has 0 radical (unpaired) electrons. The molecule has 2 unspecified atom stereocenters. The molecule has 5 nitrogen and oxygen atoms in total. The minimum Gasteiger partial charge on any atom is -0.502 e. The lowest BCUT2D eigenvalue weighted by Gasteiger charge is -2.12. The van der Waals surface area contributed by atoms with E-state index in [2.05, 4.69) is 24.4 Å². The highest BCUT2D eigenvalue weighted by atomic mass is 32.1. The van der Waals surface area contributed by atoms with Gasteiger partial charge in [-0.05, 0) is 43.2 Å². The van der Waals surface area contributed by atoms with Gasteiger partial charge >= 0.3 is 0 Å². The maximum atomic E-state index is 12.3. The van der Waals surface area contributed by atoms with Crippen molar-refractivity contribution in [2.75, 3.05) is 14.2 Å². The molecule has 1 aliphatic carbocycles. The van der Waals surface area contributed by atoms with E-state index in [0.29, 0.717) is 24.0 Å². The van der Waals surface area contributed by atoms with Gasteiger partial charge in [0, 0.05) is 28.1 Å². The summed E-state index contributed by atoms with van der Waals surface area (Å²) >= 11 is 1.76. The van der Waals surface area contributed by atoms with Crippen LogP contribution in [0.15, 0.2) is 24.3 Å². The number of amides is 1. The molecule has 2 atom stereocenters. The molecular formula is C18H21NO4S. The summed E-state index contributed by atoms with van der Waals surface area (Å²) in [7, 11) is 2.96. The van der Waals surface area contributed by atoms with E-state index in [4.69, 9.17) is 9.47 Å². The minimum absolute atomic E-state index is 0.0367. The predicted molar refractivity (Wildman–Crippen MR) is 93.0 cm³/mol. The number of benzene rings is 1. The van der Waals surface area contributed by atoms with E-state index in [0.717, 1.165) is 12.0 Å². The van der Waals surface area contributed by atoms with E-state index in [-0.39, 0.29) is 17.6 Å². The molecule has 2 aromatic rings. The highest BCUT2D eigenvalue weighted by Crippen LogP contribution is 2.49. The Labute approximate surface area is 145 Å². The largest absolute Gasteiger partial charge is 0.502 e. The van der Waals surface area contributed by atoms with E-state index in [1.807, 2.05) is 0 Å². The first-order valence-corrected chi connectivity index (χ1v) is 8.63. The molecule has 0 bridgehead atoms. The molecule has 0 saturated heterocycles. The van der Waals surface area contributed by atoms with Crippen molar-refractivity contribution in [2.45, 2.75) is 25.8 Å². The quantitative estimate of drug-likeness (QED) is 0.842. The second-order valence-corrected chi connectivity index (χ2v) is 7.28. The molecule has 24 heavy (non-hydrogen) atoms. The molecule has 1 heterocycles. The number of rotatable bonds is 6. The van der Waals surface area contributed by atoms with Gasteiger partial charge < -0.3 is 19.9 Å². The standard InChI is InChI=1S/C18H21NO4S/c1-10-4-5-16(24-10)12-8-13(12)18(21)19-9-11-6-14(22-2)17(20)15(7-11)23-3/h4-7,12-13,20H,8-9H2,1-3H3,(H,19,21). The summed E-state index contributed by atoms with van der Waals surface area (Å²) in [4.78, 5) is 14.9. The number of phenolic OH excluding ortho intramolecular Hbond substituents is 1. The zero-order valence-corrected chi connectivity index (χ0v) is 14.8. The zero-order valence-electron chi connectivity index (χ0n) is 14.0. The number of carbonyl (C=O) groups excluding carboxylic acids is 1. The SMILES string of the molecule is COc1cc(CNC(=O)C2CC2c2ccc(C)s2)cc(OC)c1O. The Balaban J connectivity index is 1.61. The number of hydrogen-bond acceptors (Lipinski definition) is 5. The molecule has 1 aromatic carbocycles. The van der Waals surface area contributed by atoms with Crippen molar-refractivity contribution in [1.29, 1.82) is 0 Å². The fraction of sp³-hybridized carbons (Fsp3) is 0.389. The van der Waals surface area contributed by atoms with Crippen LogP contribution in [0.3, 0.4) is 0 Å². The number of aryl methyl sites for hydroxylation is 1. The Morgan fingerprint density at radius 1 is 1.29 bits per heavy atom. The molecule has 0 spiro atoms. The van der Waals surface area contributed by atoms with E-state index in [1.54, 1.807) is 23.5 Å². The number of aromatic hydroxyl groups is 1. The van der Waals surface area contributed by atoms with Crippen molar-refractivity contribution < 1.29 is 19.4 Å². The number of methoxy groups -OCH3 is 2. The maximum Gasteiger partial charge on any atom is 0.224 e. The van der Waals surface area contributed by atoms with Crippen LogP contribution in [0.2, 0.25) is 0 Å². The predicted octanol–water partition coefficient (Wildman–Crippen LogP) is 3.20. The van der Waals surface area contributed by atoms with Gasteiger partial charge in [-0.3, -0.25) is 4.79 Å². The summed E-state index contributed by atoms with van der Waals surface area (Å²) in [5.74, 6) is 1.10. The highest BCUT2D eigenvalue weighted by molar-refractivity contribution is 7.12. The van der Waals surface area contributed by atoms with Crippen molar-refractivity contribution in [3.63, 3.8) is 0 Å². The summed E-state index contributed by atoms with van der Waals surface area (Å²) in [5.41, 5.74) is 0.819. The number of thiophene rings is 1. The summed E-state index contributed by atoms with van der Waals surface area (Å²) < 4.78 is 10.3. The monoisotopic (exact) mass is 347 g/mol. The Morgan fingerprint density at radius 2 is 1.96 bits per heavy atom. The van der Waals surface area contributed by atoms with E-state index < -0.39 is 0 Å². The van der Waals surface area contributed by atoms with Gasteiger partial charge in [0.2, 0.25) is 11.7 Å². The lowest BCUT2D eigenvalue weighted by atomic mass is 10.1. The van der Waals surface area contributed by atoms with Crippen molar-refractivity contribution in [3.8, 4) is 17.2 Å². The van der Waals surface area contributed by atoms with Gasteiger partial charge in [-0.15, -0.1) is 11.3 Å². The summed E-state index contributed by atoms with van der Waals surface area (Å²) in [5, 5.41) is 12.9. The second-order valence-electron chi connectivity index (χ2n) is 5.96. The summed E-state index contributed by atoms with van der Waals surface area (Å²) in [6.07, 6.45) is 0.911. The smallest absolute Gasteiger partial charge is 0.224 e. The minimum atomic E-state index is -0.0367. The molecule has 3 rings (SSSR count). The van der Waals surface area contributed by atoms with Crippen molar-refractivity contribution >= 4 is 17.2 Å².